The zero-order valence-corrected chi connectivity index (χ0v) is 62.6. The van der Waals surface area contributed by atoms with Crippen molar-refractivity contribution in [1.29, 1.82) is 0 Å². The molecule has 0 aromatic carbocycles. The molecule has 538 valence electrons. The lowest BCUT2D eigenvalue weighted by molar-refractivity contribution is -0.157. The molecule has 13 atom stereocenters. The van der Waals surface area contributed by atoms with Crippen LogP contribution in [0.1, 0.15) is 169 Å². The molecule has 2 aliphatic rings. The predicted molar refractivity (Wildman–Crippen MR) is 367 cm³/mol. The van der Waals surface area contributed by atoms with E-state index in [0.717, 1.165) is 34.4 Å². The number of aliphatic hydroxyl groups excluding tert-OH is 1. The van der Waals surface area contributed by atoms with Crippen LogP contribution in [0.4, 0.5) is 0 Å². The van der Waals surface area contributed by atoms with Crippen molar-refractivity contribution in [1.82, 2.24) is 60.5 Å². The standard InChI is InChI=1S/C68H122N12O13S/c1-27-29-30-43(13)54(81)53-58(85)71-46(28-2)60(87)80(26)66(94-37-68(31-32-68)73(18)19)65(92)77(23)50(36-67(16,17)93)57(84)72-51(41(9)10)63(90)74(20)47(33-38(3)4)56(83)69-44(14)55(82)70-45(15)59(86)75(21)48(34-39(5)6)61(88)76(22)49(35-40(7)8)62(89)78(24)52(42(11)12)64(91)79(53)25/h27,29,38-54,66,81,93H,28,30-37H2,1-26H3,(H,69,83)(H,70,82)(H,71,85)(H,72,84)/b29-27+/t43-,44+,45-,46+,47+,48+,49+,50+,51+,52+,53?,54-,66?/m1/s1. The summed E-state index contributed by atoms with van der Waals surface area (Å²) in [7, 11) is 13.7. The largest absolute Gasteiger partial charge is 0.390 e. The van der Waals surface area contributed by atoms with Crippen LogP contribution >= 0.6 is 11.8 Å². The molecule has 25 nitrogen and oxygen atoms in total. The lowest BCUT2D eigenvalue weighted by Gasteiger charge is -2.41. The SMILES string of the molecule is C/C=C/C[C@@H](C)[C@@H](O)C1C(=O)N[C@@H](CC)C(=O)N(C)C(SCC2(N(C)C)CC2)C(=O)N(C)[C@@H](CC(C)(C)O)C(=O)N[C@@H](C(C)C)C(=O)N(C)[C@@H](CC(C)C)C(=O)N[C@@H](C)C(=O)N[C@H](C)C(=O)N(C)[C@@H](CC(C)C)C(=O)N(C)[C@@H](CC(C)C)C(=O)N(C)[C@@H](C(C)C)C(=O)N1C. The molecule has 26 heteroatoms. The zero-order valence-electron chi connectivity index (χ0n) is 61.8. The minimum Gasteiger partial charge on any atom is -0.390 e. The van der Waals surface area contributed by atoms with Crippen LogP contribution in [0.3, 0.4) is 0 Å². The number of nitrogens with zero attached hydrogens (tertiary/aromatic N) is 8. The smallest absolute Gasteiger partial charge is 0.256 e. The van der Waals surface area contributed by atoms with Gasteiger partial charge in [0, 0.05) is 67.0 Å². The number of aliphatic hydroxyl groups is 2. The number of amides is 11. The van der Waals surface area contributed by atoms with Gasteiger partial charge in [0.25, 0.3) is 5.91 Å². The van der Waals surface area contributed by atoms with Gasteiger partial charge in [-0.25, -0.2) is 0 Å². The minimum atomic E-state index is -1.66. The molecule has 11 amide bonds. The van der Waals surface area contributed by atoms with Crippen molar-refractivity contribution in [2.75, 3.05) is 69.2 Å². The maximum absolute atomic E-state index is 15.4. The van der Waals surface area contributed by atoms with E-state index in [1.807, 2.05) is 66.6 Å². The molecule has 1 saturated heterocycles. The molecule has 2 fully saturated rings. The molecular weight excluding hydrogens is 1220 g/mol. The second-order valence-electron chi connectivity index (χ2n) is 29.5. The Morgan fingerprint density at radius 3 is 1.44 bits per heavy atom. The van der Waals surface area contributed by atoms with Crippen molar-refractivity contribution in [3.05, 3.63) is 12.2 Å². The molecule has 6 N–H and O–H groups in total. The molecular formula is C68H122N12O13S. The molecule has 0 spiro atoms. The number of allylic oxidation sites excluding steroid dienone is 2. The molecule has 1 aliphatic carbocycles. The van der Waals surface area contributed by atoms with Gasteiger partial charge in [-0.2, -0.15) is 0 Å². The zero-order chi connectivity index (χ0) is 72.7. The normalized spacial score (nSPS) is 27.6. The van der Waals surface area contributed by atoms with E-state index in [2.05, 4.69) is 21.3 Å². The van der Waals surface area contributed by atoms with E-state index in [0.29, 0.717) is 5.75 Å². The summed E-state index contributed by atoms with van der Waals surface area (Å²) in [5.41, 5.74) is -1.92. The van der Waals surface area contributed by atoms with Crippen LogP contribution in [0, 0.1) is 35.5 Å². The Kier molecular flexibility index (Phi) is 32.7. The average Bonchev–Trinajstić information content (AvgIpc) is 1.48. The van der Waals surface area contributed by atoms with E-state index in [1.165, 1.54) is 102 Å². The van der Waals surface area contributed by atoms with E-state index in [4.69, 9.17) is 0 Å². The van der Waals surface area contributed by atoms with Crippen molar-refractivity contribution in [2.24, 2.45) is 35.5 Å². The number of likely N-dealkylation sites (N-methyl/N-ethyl adjacent to an activating group) is 7. The lowest BCUT2D eigenvalue weighted by atomic mass is 9.91. The Balaban J connectivity index is 3.14. The first kappa shape index (κ1) is 84.2. The average molecular weight is 1350 g/mol. The summed E-state index contributed by atoms with van der Waals surface area (Å²) in [6.07, 6.45) is 3.95. The van der Waals surface area contributed by atoms with Gasteiger partial charge in [-0.1, -0.05) is 95.2 Å². The summed E-state index contributed by atoms with van der Waals surface area (Å²) in [6.45, 7) is 29.0. The third-order valence-corrected chi connectivity index (χ3v) is 20.0. The predicted octanol–water partition coefficient (Wildman–Crippen LogP) is 3.54. The van der Waals surface area contributed by atoms with Crippen LogP contribution < -0.4 is 21.3 Å². The van der Waals surface area contributed by atoms with E-state index in [1.54, 1.807) is 54.5 Å². The van der Waals surface area contributed by atoms with Crippen molar-refractivity contribution in [3.63, 3.8) is 0 Å². The quantitative estimate of drug-likeness (QED) is 0.101. The molecule has 0 bridgehead atoms. The van der Waals surface area contributed by atoms with Crippen LogP contribution in [0.5, 0.6) is 0 Å². The second-order valence-corrected chi connectivity index (χ2v) is 30.5. The van der Waals surface area contributed by atoms with E-state index in [9.17, 15) is 29.4 Å². The van der Waals surface area contributed by atoms with Crippen LogP contribution in [-0.4, -0.2) is 267 Å². The van der Waals surface area contributed by atoms with E-state index in [-0.39, 0.29) is 61.8 Å². The Morgan fingerprint density at radius 2 is 0.989 bits per heavy atom. The number of carbonyl (C=O) groups is 11. The summed E-state index contributed by atoms with van der Waals surface area (Å²) in [4.78, 5) is 175. The van der Waals surface area contributed by atoms with Gasteiger partial charge >= 0.3 is 0 Å². The van der Waals surface area contributed by atoms with E-state index < -0.39 is 160 Å². The van der Waals surface area contributed by atoms with Crippen molar-refractivity contribution < 1.29 is 63.0 Å². The minimum absolute atomic E-state index is 0.0283. The number of thioether (sulfide) groups is 1. The Labute approximate surface area is 566 Å². The van der Waals surface area contributed by atoms with Crippen molar-refractivity contribution in [2.45, 2.75) is 252 Å². The number of rotatable bonds is 19. The van der Waals surface area contributed by atoms with Gasteiger partial charge in [0.2, 0.25) is 59.1 Å². The van der Waals surface area contributed by atoms with Gasteiger partial charge in [-0.3, -0.25) is 52.7 Å². The summed E-state index contributed by atoms with van der Waals surface area (Å²) < 4.78 is 0. The Bertz CT molecular complexity index is 2640. The van der Waals surface area contributed by atoms with Crippen molar-refractivity contribution in [3.8, 4) is 0 Å². The number of hydrogen-bond donors (Lipinski definition) is 6. The summed E-state index contributed by atoms with van der Waals surface area (Å²) in [5.74, 6) is -9.93. The Morgan fingerprint density at radius 1 is 0.543 bits per heavy atom. The molecule has 1 saturated carbocycles. The fourth-order valence-electron chi connectivity index (χ4n) is 12.0. The highest BCUT2D eigenvalue weighted by Gasteiger charge is 2.49. The molecule has 1 heterocycles. The van der Waals surface area contributed by atoms with Gasteiger partial charge in [0.05, 0.1) is 11.7 Å². The molecule has 2 rings (SSSR count). The van der Waals surface area contributed by atoms with Gasteiger partial charge < -0.3 is 70.7 Å². The van der Waals surface area contributed by atoms with Gasteiger partial charge in [0.1, 0.15) is 60.4 Å². The van der Waals surface area contributed by atoms with Crippen molar-refractivity contribution >= 4 is 76.7 Å². The third kappa shape index (κ3) is 22.6. The van der Waals surface area contributed by atoms with E-state index >= 15 is 33.6 Å². The van der Waals surface area contributed by atoms with Crippen LogP contribution in [-0.2, 0) is 52.7 Å². The first-order valence-corrected chi connectivity index (χ1v) is 34.7. The number of nitrogens with one attached hydrogen (secondary N) is 4. The molecule has 2 unspecified atom stereocenters. The molecule has 94 heavy (non-hydrogen) atoms. The first-order valence-electron chi connectivity index (χ1n) is 33.7. The molecule has 0 radical (unpaired) electrons. The second kappa shape index (κ2) is 36.5. The summed E-state index contributed by atoms with van der Waals surface area (Å²) in [6, 6.07) is -13.1. The number of hydrogen-bond acceptors (Lipinski definition) is 15. The summed E-state index contributed by atoms with van der Waals surface area (Å²) in [5, 5.41) is 33.4. The van der Waals surface area contributed by atoms with Gasteiger partial charge in [-0.05, 0) is 129 Å². The third-order valence-electron chi connectivity index (χ3n) is 18.5. The fourth-order valence-corrected chi connectivity index (χ4v) is 13.6. The molecule has 0 aromatic rings. The molecule has 1 aliphatic heterocycles. The maximum Gasteiger partial charge on any atom is 0.256 e. The first-order chi connectivity index (χ1) is 43.3. The van der Waals surface area contributed by atoms with Gasteiger partial charge in [0.15, 0.2) is 5.37 Å². The van der Waals surface area contributed by atoms with Crippen LogP contribution in [0.25, 0.3) is 0 Å². The lowest BCUT2D eigenvalue weighted by Crippen LogP contribution is -2.64. The van der Waals surface area contributed by atoms with Crippen LogP contribution in [0.15, 0.2) is 12.2 Å². The maximum atomic E-state index is 15.4. The van der Waals surface area contributed by atoms with Crippen LogP contribution in [0.2, 0.25) is 0 Å². The summed E-state index contributed by atoms with van der Waals surface area (Å²) >= 11 is 1.16. The highest BCUT2D eigenvalue weighted by molar-refractivity contribution is 8.00. The van der Waals surface area contributed by atoms with Gasteiger partial charge in [-0.15, -0.1) is 11.8 Å². The number of carbonyl (C=O) groups excluding carboxylic acids is 11. The topological polar surface area (TPSA) is 302 Å². The monoisotopic (exact) mass is 1350 g/mol. The highest BCUT2D eigenvalue weighted by Crippen LogP contribution is 2.44. The Hall–Kier alpha value is -5.86. The highest BCUT2D eigenvalue weighted by atomic mass is 32.2. The fraction of sp³-hybridized carbons (Fsp3) is 0.809. The molecule has 0 aromatic heterocycles.